The summed E-state index contributed by atoms with van der Waals surface area (Å²) in [6.45, 7) is 1.14. The molecule has 4 rings (SSSR count). The molecule has 2 aromatic carbocycles. The van der Waals surface area contributed by atoms with Crippen molar-refractivity contribution in [2.24, 2.45) is 0 Å². The third-order valence-electron chi connectivity index (χ3n) is 5.01. The van der Waals surface area contributed by atoms with E-state index >= 15 is 0 Å². The number of benzene rings is 2. The zero-order chi connectivity index (χ0) is 24.9. The predicted molar refractivity (Wildman–Crippen MR) is 137 cm³/mol. The van der Waals surface area contributed by atoms with Crippen LogP contribution in [-0.2, 0) is 4.74 Å². The molecule has 2 aromatic heterocycles. The van der Waals surface area contributed by atoms with Gasteiger partial charge in [0.1, 0.15) is 33.9 Å². The van der Waals surface area contributed by atoms with Gasteiger partial charge in [-0.3, -0.25) is 9.59 Å². The highest BCUT2D eigenvalue weighted by molar-refractivity contribution is 7.20. The summed E-state index contributed by atoms with van der Waals surface area (Å²) >= 11 is 2.50. The number of anilines is 2. The number of amides is 2. The van der Waals surface area contributed by atoms with Gasteiger partial charge < -0.3 is 36.3 Å². The molecule has 0 saturated heterocycles. The van der Waals surface area contributed by atoms with Crippen LogP contribution in [0.2, 0.25) is 0 Å². The lowest BCUT2D eigenvalue weighted by molar-refractivity contribution is 0.0892. The van der Waals surface area contributed by atoms with Crippen LogP contribution in [-0.4, -0.2) is 62.3 Å². The van der Waals surface area contributed by atoms with Gasteiger partial charge in [-0.2, -0.15) is 0 Å². The van der Waals surface area contributed by atoms with E-state index in [1.54, 1.807) is 12.1 Å². The van der Waals surface area contributed by atoms with Crippen molar-refractivity contribution in [3.8, 4) is 11.5 Å². The first-order chi connectivity index (χ1) is 16.9. The molecule has 11 nitrogen and oxygen atoms in total. The second-order valence-electron chi connectivity index (χ2n) is 7.22. The molecule has 0 aliphatic carbocycles. The minimum absolute atomic E-state index is 0.278. The van der Waals surface area contributed by atoms with Crippen molar-refractivity contribution in [1.29, 1.82) is 0 Å². The molecule has 2 heterocycles. The van der Waals surface area contributed by atoms with Crippen LogP contribution in [0.1, 0.15) is 19.6 Å². The number of rotatable bonds is 10. The Morgan fingerprint density at radius 2 is 1.23 bits per heavy atom. The van der Waals surface area contributed by atoms with Crippen LogP contribution >= 0.6 is 22.7 Å². The fourth-order valence-corrected chi connectivity index (χ4v) is 5.07. The van der Waals surface area contributed by atoms with E-state index in [-0.39, 0.29) is 25.0 Å². The maximum Gasteiger partial charge on any atom is 0.280 e. The maximum atomic E-state index is 12.4. The highest BCUT2D eigenvalue weighted by atomic mass is 32.1. The van der Waals surface area contributed by atoms with Gasteiger partial charge in [-0.15, -0.1) is 22.7 Å². The lowest BCUT2D eigenvalue weighted by Crippen LogP contribution is -2.30. The smallest absolute Gasteiger partial charge is 0.280 e. The summed E-state index contributed by atoms with van der Waals surface area (Å²) in [6, 6.07) is 7.12. The molecule has 0 radical (unpaired) electrons. The summed E-state index contributed by atoms with van der Waals surface area (Å²) < 4.78 is 17.5. The summed E-state index contributed by atoms with van der Waals surface area (Å²) in [6.07, 6.45) is 0. The van der Waals surface area contributed by atoms with Gasteiger partial charge in [-0.1, -0.05) is 0 Å². The van der Waals surface area contributed by atoms with E-state index in [4.69, 9.17) is 25.7 Å². The van der Waals surface area contributed by atoms with E-state index in [1.807, 2.05) is 12.1 Å². The monoisotopic (exact) mass is 516 g/mol. The Kier molecular flexibility index (Phi) is 7.48. The van der Waals surface area contributed by atoms with Crippen molar-refractivity contribution < 1.29 is 23.8 Å². The number of carbonyl (C=O) groups is 2. The predicted octanol–water partition coefficient (Wildman–Crippen LogP) is 2.26. The Labute approximate surface area is 208 Å². The molecule has 0 unspecified atom stereocenters. The zero-order valence-corrected chi connectivity index (χ0v) is 20.7. The number of nitrogens with two attached hydrogens (primary N) is 2. The number of aromatic nitrogens is 2. The van der Waals surface area contributed by atoms with E-state index in [0.29, 0.717) is 57.0 Å². The Morgan fingerprint density at radius 3 is 1.63 bits per heavy atom. The molecule has 2 amide bonds. The molecule has 0 atom stereocenters. The summed E-state index contributed by atoms with van der Waals surface area (Å²) in [5.41, 5.74) is 14.0. The lowest BCUT2D eigenvalue weighted by Gasteiger charge is -2.06. The number of carbonyl (C=O) groups excluding carboxylic acids is 2. The lowest BCUT2D eigenvalue weighted by atomic mass is 10.2. The van der Waals surface area contributed by atoms with Gasteiger partial charge in [0.25, 0.3) is 11.8 Å². The summed E-state index contributed by atoms with van der Waals surface area (Å²) in [5.74, 6) is 0.409. The Morgan fingerprint density at radius 1 is 0.800 bits per heavy atom. The van der Waals surface area contributed by atoms with Crippen LogP contribution in [0.15, 0.2) is 24.3 Å². The second kappa shape index (κ2) is 10.7. The fourth-order valence-electron chi connectivity index (χ4n) is 3.27. The first-order valence-corrected chi connectivity index (χ1v) is 12.2. The van der Waals surface area contributed by atoms with Crippen molar-refractivity contribution in [3.63, 3.8) is 0 Å². The molecule has 0 aliphatic heterocycles. The largest absolute Gasteiger partial charge is 0.495 e. The van der Waals surface area contributed by atoms with Crippen LogP contribution in [0.25, 0.3) is 20.4 Å². The maximum absolute atomic E-state index is 12.4. The van der Waals surface area contributed by atoms with Crippen molar-refractivity contribution in [1.82, 2.24) is 20.6 Å². The molecule has 4 aromatic rings. The second-order valence-corrected chi connectivity index (χ2v) is 9.28. The van der Waals surface area contributed by atoms with Crippen molar-refractivity contribution in [3.05, 3.63) is 34.3 Å². The molecule has 13 heteroatoms. The van der Waals surface area contributed by atoms with Crippen molar-refractivity contribution in [2.45, 2.75) is 0 Å². The normalized spacial score (nSPS) is 11.0. The van der Waals surface area contributed by atoms with E-state index in [0.717, 1.165) is 9.40 Å². The number of hydrogen-bond donors (Lipinski definition) is 4. The summed E-state index contributed by atoms with van der Waals surface area (Å²) in [5, 5.41) is 6.13. The number of nitrogen functional groups attached to an aromatic ring is 2. The number of ether oxygens (including phenoxy) is 3. The highest BCUT2D eigenvalue weighted by Gasteiger charge is 2.17. The van der Waals surface area contributed by atoms with Crippen molar-refractivity contribution >= 4 is 66.3 Å². The van der Waals surface area contributed by atoms with Crippen LogP contribution in [0.3, 0.4) is 0 Å². The molecule has 0 bridgehead atoms. The minimum atomic E-state index is -0.312. The quantitative estimate of drug-likeness (QED) is 0.183. The molecule has 35 heavy (non-hydrogen) atoms. The third-order valence-corrected chi connectivity index (χ3v) is 7.05. The molecular formula is C22H24N6O5S2. The number of fused-ring (bicyclic) bond motifs is 2. The van der Waals surface area contributed by atoms with Crippen LogP contribution < -0.4 is 31.6 Å². The molecular weight excluding hydrogens is 492 g/mol. The van der Waals surface area contributed by atoms with Gasteiger partial charge in [0.2, 0.25) is 0 Å². The fraction of sp³-hybridized carbons (Fsp3) is 0.273. The molecule has 0 saturated carbocycles. The average Bonchev–Trinajstić information content (AvgIpc) is 3.49. The Bertz CT molecular complexity index is 1280. The topological polar surface area (TPSA) is 164 Å². The average molecular weight is 517 g/mol. The van der Waals surface area contributed by atoms with Crippen LogP contribution in [0.4, 0.5) is 11.4 Å². The first kappa shape index (κ1) is 24.4. The highest BCUT2D eigenvalue weighted by Crippen LogP contribution is 2.34. The SMILES string of the molecule is COc1ccc2sc(C(=O)NCCOCCNC(=O)c3nc4c(N)c(OC)ccc4s3)nc2c1N. The van der Waals surface area contributed by atoms with Gasteiger partial charge in [0.05, 0.1) is 36.8 Å². The van der Waals surface area contributed by atoms with Gasteiger partial charge in [0, 0.05) is 13.1 Å². The van der Waals surface area contributed by atoms with Crippen LogP contribution in [0, 0.1) is 0 Å². The van der Waals surface area contributed by atoms with Gasteiger partial charge in [0.15, 0.2) is 10.0 Å². The van der Waals surface area contributed by atoms with E-state index in [2.05, 4.69) is 20.6 Å². The molecule has 6 N–H and O–H groups in total. The summed E-state index contributed by atoms with van der Waals surface area (Å²) in [7, 11) is 3.05. The molecule has 184 valence electrons. The van der Waals surface area contributed by atoms with Crippen LogP contribution in [0.5, 0.6) is 11.5 Å². The third kappa shape index (κ3) is 5.21. The van der Waals surface area contributed by atoms with E-state index in [1.165, 1.54) is 36.9 Å². The Hall–Kier alpha value is -3.68. The molecule has 0 fully saturated rings. The zero-order valence-electron chi connectivity index (χ0n) is 19.0. The number of nitrogens with zero attached hydrogens (tertiary/aromatic N) is 2. The van der Waals surface area contributed by atoms with Crippen molar-refractivity contribution in [2.75, 3.05) is 52.0 Å². The Balaban J connectivity index is 1.19. The number of methoxy groups -OCH3 is 2. The molecule has 0 spiro atoms. The standard InChI is InChI=1S/C22H24N6O5S2/c1-31-11-3-5-13-17(15(11)23)27-21(34-13)19(29)25-7-9-33-10-8-26-20(30)22-28-18-14(35-22)6-4-12(32-2)16(18)24/h3-6H,7-10,23-24H2,1-2H3,(H,25,29)(H,26,30). The number of nitrogens with one attached hydrogen (secondary N) is 2. The van der Waals surface area contributed by atoms with E-state index < -0.39 is 0 Å². The summed E-state index contributed by atoms with van der Waals surface area (Å²) in [4.78, 5) is 33.4. The molecule has 0 aliphatic rings. The van der Waals surface area contributed by atoms with Gasteiger partial charge in [-0.05, 0) is 24.3 Å². The number of thiazole rings is 2. The van der Waals surface area contributed by atoms with Gasteiger partial charge >= 0.3 is 0 Å². The number of hydrogen-bond acceptors (Lipinski definition) is 11. The first-order valence-electron chi connectivity index (χ1n) is 10.5. The van der Waals surface area contributed by atoms with E-state index in [9.17, 15) is 9.59 Å². The minimum Gasteiger partial charge on any atom is -0.495 e. The van der Waals surface area contributed by atoms with Gasteiger partial charge in [-0.25, -0.2) is 9.97 Å².